The number of non-ortho nitro benzene ring substituents is 1. The SMILES string of the molecule is COc1cc([N+](=O)[O-])ccc1OC[C@@H]1CCCN1. The van der Waals surface area contributed by atoms with Gasteiger partial charge in [-0.2, -0.15) is 0 Å². The van der Waals surface area contributed by atoms with Gasteiger partial charge in [0, 0.05) is 12.1 Å². The molecule has 1 aliphatic rings. The highest BCUT2D eigenvalue weighted by Gasteiger charge is 2.17. The molecular weight excluding hydrogens is 236 g/mol. The Hall–Kier alpha value is -1.82. The molecule has 1 fully saturated rings. The van der Waals surface area contributed by atoms with E-state index in [9.17, 15) is 10.1 Å². The summed E-state index contributed by atoms with van der Waals surface area (Å²) >= 11 is 0. The normalized spacial score (nSPS) is 18.6. The van der Waals surface area contributed by atoms with E-state index in [0.29, 0.717) is 24.1 Å². The van der Waals surface area contributed by atoms with Crippen LogP contribution in [0.2, 0.25) is 0 Å². The third-order valence-electron chi connectivity index (χ3n) is 2.96. The van der Waals surface area contributed by atoms with Gasteiger partial charge in [-0.15, -0.1) is 0 Å². The molecule has 1 aromatic rings. The molecule has 0 aliphatic carbocycles. The summed E-state index contributed by atoms with van der Waals surface area (Å²) in [5.74, 6) is 0.930. The van der Waals surface area contributed by atoms with Gasteiger partial charge in [0.1, 0.15) is 6.61 Å². The van der Waals surface area contributed by atoms with Crippen LogP contribution in [0.1, 0.15) is 12.8 Å². The van der Waals surface area contributed by atoms with Crippen LogP contribution in [0.25, 0.3) is 0 Å². The van der Waals surface area contributed by atoms with Crippen LogP contribution in [0.15, 0.2) is 18.2 Å². The molecule has 18 heavy (non-hydrogen) atoms. The number of ether oxygens (including phenoxy) is 2. The van der Waals surface area contributed by atoms with E-state index < -0.39 is 4.92 Å². The fourth-order valence-electron chi connectivity index (χ4n) is 1.98. The van der Waals surface area contributed by atoms with Crippen LogP contribution in [-0.4, -0.2) is 31.2 Å². The molecule has 0 aromatic heterocycles. The van der Waals surface area contributed by atoms with Crippen LogP contribution in [0.3, 0.4) is 0 Å². The van der Waals surface area contributed by atoms with E-state index in [1.54, 1.807) is 6.07 Å². The molecule has 1 aliphatic heterocycles. The van der Waals surface area contributed by atoms with Gasteiger partial charge in [-0.05, 0) is 25.5 Å². The number of rotatable bonds is 5. The van der Waals surface area contributed by atoms with Crippen molar-refractivity contribution in [1.29, 1.82) is 0 Å². The number of hydrogen-bond acceptors (Lipinski definition) is 5. The predicted molar refractivity (Wildman–Crippen MR) is 66.2 cm³/mol. The standard InChI is InChI=1S/C12H16N2O4/c1-17-12-7-10(14(15)16)4-5-11(12)18-8-9-3-2-6-13-9/h4-5,7,9,13H,2-3,6,8H2,1H3/t9-/m0/s1. The van der Waals surface area contributed by atoms with Crippen molar-refractivity contribution in [2.45, 2.75) is 18.9 Å². The van der Waals surface area contributed by atoms with Gasteiger partial charge >= 0.3 is 0 Å². The Bertz CT molecular complexity index is 430. The summed E-state index contributed by atoms with van der Waals surface area (Å²) in [6.45, 7) is 1.57. The minimum Gasteiger partial charge on any atom is -0.493 e. The lowest BCUT2D eigenvalue weighted by Gasteiger charge is -2.14. The fraction of sp³-hybridized carbons (Fsp3) is 0.500. The number of nitro benzene ring substituents is 1. The van der Waals surface area contributed by atoms with Crippen molar-refractivity contribution >= 4 is 5.69 Å². The van der Waals surface area contributed by atoms with E-state index in [2.05, 4.69) is 5.32 Å². The van der Waals surface area contributed by atoms with E-state index in [1.807, 2.05) is 0 Å². The Labute approximate surface area is 105 Å². The summed E-state index contributed by atoms with van der Waals surface area (Å²) in [7, 11) is 1.47. The summed E-state index contributed by atoms with van der Waals surface area (Å²) in [5.41, 5.74) is -0.00167. The molecule has 2 rings (SSSR count). The van der Waals surface area contributed by atoms with Crippen LogP contribution in [-0.2, 0) is 0 Å². The molecule has 1 saturated heterocycles. The number of hydrogen-bond donors (Lipinski definition) is 1. The topological polar surface area (TPSA) is 73.6 Å². The maximum atomic E-state index is 10.6. The minimum atomic E-state index is -0.454. The van der Waals surface area contributed by atoms with Gasteiger partial charge < -0.3 is 14.8 Å². The Balaban J connectivity index is 2.04. The minimum absolute atomic E-state index is 0.00167. The number of nitrogens with zero attached hydrogens (tertiary/aromatic N) is 1. The Kier molecular flexibility index (Phi) is 3.99. The molecule has 0 spiro atoms. The first-order valence-electron chi connectivity index (χ1n) is 5.89. The molecule has 98 valence electrons. The maximum Gasteiger partial charge on any atom is 0.273 e. The summed E-state index contributed by atoms with van der Waals surface area (Å²) in [6, 6.07) is 4.72. The second kappa shape index (κ2) is 5.68. The highest BCUT2D eigenvalue weighted by molar-refractivity contribution is 5.48. The smallest absolute Gasteiger partial charge is 0.273 e. The molecule has 0 bridgehead atoms. The molecule has 0 unspecified atom stereocenters. The van der Waals surface area contributed by atoms with Crippen molar-refractivity contribution in [2.75, 3.05) is 20.3 Å². The van der Waals surface area contributed by atoms with Gasteiger partial charge in [0.2, 0.25) is 0 Å². The number of methoxy groups -OCH3 is 1. The van der Waals surface area contributed by atoms with E-state index >= 15 is 0 Å². The zero-order valence-electron chi connectivity index (χ0n) is 10.2. The summed E-state index contributed by atoms with van der Waals surface area (Å²) in [6.07, 6.45) is 2.25. The van der Waals surface area contributed by atoms with E-state index in [4.69, 9.17) is 9.47 Å². The molecule has 0 saturated carbocycles. The Morgan fingerprint density at radius 1 is 1.50 bits per heavy atom. The largest absolute Gasteiger partial charge is 0.493 e. The molecule has 0 amide bonds. The first-order valence-corrected chi connectivity index (χ1v) is 5.89. The van der Waals surface area contributed by atoms with Gasteiger partial charge in [0.05, 0.1) is 18.1 Å². The highest BCUT2D eigenvalue weighted by atomic mass is 16.6. The molecule has 6 heteroatoms. The van der Waals surface area contributed by atoms with Crippen LogP contribution < -0.4 is 14.8 Å². The fourth-order valence-corrected chi connectivity index (χ4v) is 1.98. The molecule has 1 aromatic carbocycles. The van der Waals surface area contributed by atoms with Crippen molar-refractivity contribution in [1.82, 2.24) is 5.32 Å². The van der Waals surface area contributed by atoms with Gasteiger partial charge in [-0.25, -0.2) is 0 Å². The second-order valence-corrected chi connectivity index (χ2v) is 4.20. The monoisotopic (exact) mass is 252 g/mol. The molecule has 1 N–H and O–H groups in total. The number of benzene rings is 1. The first kappa shape index (κ1) is 12.6. The van der Waals surface area contributed by atoms with E-state index in [0.717, 1.165) is 19.4 Å². The summed E-state index contributed by atoms with van der Waals surface area (Å²) < 4.78 is 10.7. The van der Waals surface area contributed by atoms with Crippen LogP contribution in [0, 0.1) is 10.1 Å². The molecular formula is C12H16N2O4. The van der Waals surface area contributed by atoms with Crippen molar-refractivity contribution in [3.05, 3.63) is 28.3 Å². The number of nitro groups is 1. The Morgan fingerprint density at radius 3 is 2.94 bits per heavy atom. The predicted octanol–water partition coefficient (Wildman–Crippen LogP) is 1.73. The van der Waals surface area contributed by atoms with Gasteiger partial charge in [-0.1, -0.05) is 0 Å². The summed E-state index contributed by atoms with van der Waals surface area (Å²) in [5, 5.41) is 14.0. The maximum absolute atomic E-state index is 10.6. The third kappa shape index (κ3) is 2.89. The molecule has 6 nitrogen and oxygen atoms in total. The second-order valence-electron chi connectivity index (χ2n) is 4.20. The Morgan fingerprint density at radius 2 is 2.33 bits per heavy atom. The zero-order valence-corrected chi connectivity index (χ0v) is 10.2. The molecule has 1 atom stereocenters. The third-order valence-corrected chi connectivity index (χ3v) is 2.96. The lowest BCUT2D eigenvalue weighted by atomic mass is 10.2. The van der Waals surface area contributed by atoms with Crippen molar-refractivity contribution in [3.8, 4) is 11.5 Å². The van der Waals surface area contributed by atoms with Crippen LogP contribution >= 0.6 is 0 Å². The van der Waals surface area contributed by atoms with Crippen LogP contribution in [0.4, 0.5) is 5.69 Å². The molecule has 1 heterocycles. The van der Waals surface area contributed by atoms with Gasteiger partial charge in [0.15, 0.2) is 11.5 Å². The first-order chi connectivity index (χ1) is 8.70. The lowest BCUT2D eigenvalue weighted by Crippen LogP contribution is -2.28. The van der Waals surface area contributed by atoms with Crippen molar-refractivity contribution in [3.63, 3.8) is 0 Å². The van der Waals surface area contributed by atoms with Crippen LogP contribution in [0.5, 0.6) is 11.5 Å². The van der Waals surface area contributed by atoms with E-state index in [1.165, 1.54) is 19.2 Å². The zero-order chi connectivity index (χ0) is 13.0. The quantitative estimate of drug-likeness (QED) is 0.638. The van der Waals surface area contributed by atoms with Gasteiger partial charge in [-0.3, -0.25) is 10.1 Å². The average Bonchev–Trinajstić information content (AvgIpc) is 2.89. The van der Waals surface area contributed by atoms with E-state index in [-0.39, 0.29) is 5.69 Å². The average molecular weight is 252 g/mol. The number of nitrogens with one attached hydrogen (secondary N) is 1. The summed E-state index contributed by atoms with van der Waals surface area (Å²) in [4.78, 5) is 10.2. The van der Waals surface area contributed by atoms with Crippen molar-refractivity contribution in [2.24, 2.45) is 0 Å². The lowest BCUT2D eigenvalue weighted by molar-refractivity contribution is -0.384. The highest BCUT2D eigenvalue weighted by Crippen LogP contribution is 2.31. The van der Waals surface area contributed by atoms with Gasteiger partial charge in [0.25, 0.3) is 5.69 Å². The van der Waals surface area contributed by atoms with Crippen molar-refractivity contribution < 1.29 is 14.4 Å². The molecule has 0 radical (unpaired) electrons.